The second-order valence-corrected chi connectivity index (χ2v) is 8.30. The third-order valence-corrected chi connectivity index (χ3v) is 5.67. The van der Waals surface area contributed by atoms with Gasteiger partial charge in [0.05, 0.1) is 5.75 Å². The number of carboxylic acids is 1. The summed E-state index contributed by atoms with van der Waals surface area (Å²) >= 11 is 0. The van der Waals surface area contributed by atoms with E-state index in [2.05, 4.69) is 4.72 Å². The van der Waals surface area contributed by atoms with Crippen LogP contribution in [0.15, 0.2) is 54.6 Å². The lowest BCUT2D eigenvalue weighted by Gasteiger charge is -2.14. The van der Waals surface area contributed by atoms with E-state index in [0.717, 1.165) is 16.7 Å². The van der Waals surface area contributed by atoms with Crippen molar-refractivity contribution in [3.05, 3.63) is 60.2 Å². The number of carbonyl (C=O) groups is 1. The molecule has 0 spiro atoms. The van der Waals surface area contributed by atoms with Crippen LogP contribution >= 0.6 is 0 Å². The lowest BCUT2D eigenvalue weighted by molar-refractivity contribution is -0.139. The average molecular weight is 391 g/mol. The van der Waals surface area contributed by atoms with Crippen molar-refractivity contribution in [1.29, 1.82) is 0 Å². The molecule has 0 unspecified atom stereocenters. The van der Waals surface area contributed by atoms with Crippen molar-refractivity contribution in [3.8, 4) is 11.1 Å². The first-order chi connectivity index (χ1) is 12.9. The maximum absolute atomic E-state index is 12.2. The lowest BCUT2D eigenvalue weighted by Crippen LogP contribution is -2.42. The van der Waals surface area contributed by atoms with Crippen LogP contribution in [0.4, 0.5) is 0 Å². The van der Waals surface area contributed by atoms with Crippen molar-refractivity contribution in [2.75, 3.05) is 12.3 Å². The van der Waals surface area contributed by atoms with E-state index in [-0.39, 0.29) is 12.2 Å². The van der Waals surface area contributed by atoms with Crippen LogP contribution in [0.5, 0.6) is 0 Å². The molecule has 0 aliphatic heterocycles. The molecule has 0 aromatic heterocycles. The Kier molecular flexibility index (Phi) is 7.97. The Bertz CT molecular complexity index is 821. The highest BCUT2D eigenvalue weighted by molar-refractivity contribution is 7.89. The van der Waals surface area contributed by atoms with Crippen LogP contribution in [-0.2, 0) is 21.2 Å². The number of sulfonamides is 1. The molecule has 0 fully saturated rings. The second kappa shape index (κ2) is 10.2. The first-order valence-corrected chi connectivity index (χ1v) is 10.6. The van der Waals surface area contributed by atoms with Gasteiger partial charge in [-0.25, -0.2) is 13.1 Å². The Hall–Kier alpha value is -2.22. The normalized spacial score (nSPS) is 12.6. The summed E-state index contributed by atoms with van der Waals surface area (Å²) in [7, 11) is -3.69. The summed E-state index contributed by atoms with van der Waals surface area (Å²) in [6.07, 6.45) is 1.79. The first-order valence-electron chi connectivity index (χ1n) is 8.98. The van der Waals surface area contributed by atoms with Gasteiger partial charge in [-0.3, -0.25) is 4.79 Å². The standard InChI is InChI=1S/C20H26N2O4S/c21-14-5-4-8-19(20(23)24)22-27(25,26)15-13-16-9-11-18(12-10-16)17-6-2-1-3-7-17/h1-3,6-7,9-12,19,22H,4-5,8,13-15,21H2,(H,23,24)/t19-/m1/s1. The van der Waals surface area contributed by atoms with Gasteiger partial charge in [-0.15, -0.1) is 0 Å². The summed E-state index contributed by atoms with van der Waals surface area (Å²) in [6.45, 7) is 0.456. The fourth-order valence-corrected chi connectivity index (χ4v) is 4.02. The number of carboxylic acid groups (broad SMARTS) is 1. The summed E-state index contributed by atoms with van der Waals surface area (Å²) in [5, 5.41) is 9.20. The van der Waals surface area contributed by atoms with Crippen LogP contribution in [0, 0.1) is 0 Å². The van der Waals surface area contributed by atoms with Gasteiger partial charge in [0.25, 0.3) is 0 Å². The van der Waals surface area contributed by atoms with E-state index < -0.39 is 22.0 Å². The number of aliphatic carboxylic acids is 1. The van der Waals surface area contributed by atoms with Crippen molar-refractivity contribution in [1.82, 2.24) is 4.72 Å². The average Bonchev–Trinajstić information content (AvgIpc) is 2.67. The molecule has 0 aliphatic carbocycles. The van der Waals surface area contributed by atoms with E-state index in [0.29, 0.717) is 25.8 Å². The van der Waals surface area contributed by atoms with Crippen LogP contribution in [-0.4, -0.2) is 37.8 Å². The molecule has 146 valence electrons. The number of aryl methyl sites for hydroxylation is 1. The highest BCUT2D eigenvalue weighted by atomic mass is 32.2. The maximum Gasteiger partial charge on any atom is 0.321 e. The van der Waals surface area contributed by atoms with Gasteiger partial charge >= 0.3 is 5.97 Å². The van der Waals surface area contributed by atoms with Gasteiger partial charge in [0, 0.05) is 0 Å². The monoisotopic (exact) mass is 390 g/mol. The van der Waals surface area contributed by atoms with Crippen molar-refractivity contribution in [2.45, 2.75) is 31.7 Å². The zero-order chi connectivity index (χ0) is 19.7. The molecule has 0 saturated heterocycles. The van der Waals surface area contributed by atoms with Gasteiger partial charge in [-0.2, -0.15) is 0 Å². The number of unbranched alkanes of at least 4 members (excludes halogenated alkanes) is 1. The fourth-order valence-electron chi connectivity index (χ4n) is 2.75. The summed E-state index contributed by atoms with van der Waals surface area (Å²) < 4.78 is 26.8. The molecular formula is C20H26N2O4S. The Labute approximate surface area is 160 Å². The summed E-state index contributed by atoms with van der Waals surface area (Å²) in [5.41, 5.74) is 8.43. The van der Waals surface area contributed by atoms with Crippen LogP contribution in [0.3, 0.4) is 0 Å². The van der Waals surface area contributed by atoms with E-state index in [1.165, 1.54) is 0 Å². The third-order valence-electron chi connectivity index (χ3n) is 4.29. The Morgan fingerprint density at radius 2 is 1.63 bits per heavy atom. The quantitative estimate of drug-likeness (QED) is 0.511. The minimum Gasteiger partial charge on any atom is -0.480 e. The molecule has 0 saturated carbocycles. The summed E-state index contributed by atoms with van der Waals surface area (Å²) in [6, 6.07) is 16.5. The van der Waals surface area contributed by atoms with Crippen molar-refractivity contribution in [3.63, 3.8) is 0 Å². The van der Waals surface area contributed by atoms with Gasteiger partial charge in [0.15, 0.2) is 0 Å². The van der Waals surface area contributed by atoms with E-state index in [4.69, 9.17) is 5.73 Å². The van der Waals surface area contributed by atoms with Gasteiger partial charge in [-0.05, 0) is 42.5 Å². The summed E-state index contributed by atoms with van der Waals surface area (Å²) in [4.78, 5) is 11.3. The van der Waals surface area contributed by atoms with E-state index in [1.807, 2.05) is 54.6 Å². The van der Waals surface area contributed by atoms with Crippen molar-refractivity contribution < 1.29 is 18.3 Å². The number of benzene rings is 2. The lowest BCUT2D eigenvalue weighted by atomic mass is 10.0. The molecule has 0 radical (unpaired) electrons. The zero-order valence-corrected chi connectivity index (χ0v) is 16.0. The SMILES string of the molecule is NCCCC[C@@H](NS(=O)(=O)CCc1ccc(-c2ccccc2)cc1)C(=O)O. The molecule has 7 heteroatoms. The predicted molar refractivity (Wildman–Crippen MR) is 107 cm³/mol. The molecule has 0 heterocycles. The minimum absolute atomic E-state index is 0.154. The van der Waals surface area contributed by atoms with E-state index in [9.17, 15) is 18.3 Å². The fraction of sp³-hybridized carbons (Fsp3) is 0.350. The van der Waals surface area contributed by atoms with Gasteiger partial charge in [0.2, 0.25) is 10.0 Å². The molecule has 0 aliphatic rings. The highest BCUT2D eigenvalue weighted by Crippen LogP contribution is 2.19. The zero-order valence-electron chi connectivity index (χ0n) is 15.2. The number of nitrogens with one attached hydrogen (secondary N) is 1. The van der Waals surface area contributed by atoms with Crippen LogP contribution < -0.4 is 10.5 Å². The van der Waals surface area contributed by atoms with Gasteiger partial charge in [0.1, 0.15) is 6.04 Å². The maximum atomic E-state index is 12.2. The third kappa shape index (κ3) is 7.13. The molecule has 0 amide bonds. The predicted octanol–water partition coefficient (Wildman–Crippen LogP) is 2.40. The Balaban J connectivity index is 1.92. The number of nitrogens with two attached hydrogens (primary N) is 1. The number of hydrogen-bond donors (Lipinski definition) is 3. The van der Waals surface area contributed by atoms with Crippen molar-refractivity contribution in [2.24, 2.45) is 5.73 Å². The smallest absolute Gasteiger partial charge is 0.321 e. The largest absolute Gasteiger partial charge is 0.480 e. The highest BCUT2D eigenvalue weighted by Gasteiger charge is 2.23. The Morgan fingerprint density at radius 3 is 2.22 bits per heavy atom. The minimum atomic E-state index is -3.69. The second-order valence-electron chi connectivity index (χ2n) is 6.42. The number of rotatable bonds is 11. The number of hydrogen-bond acceptors (Lipinski definition) is 4. The van der Waals surface area contributed by atoms with Crippen LogP contribution in [0.1, 0.15) is 24.8 Å². The Morgan fingerprint density at radius 1 is 1.00 bits per heavy atom. The first kappa shape index (κ1) is 21.1. The van der Waals surface area contributed by atoms with Crippen LogP contribution in [0.25, 0.3) is 11.1 Å². The van der Waals surface area contributed by atoms with Gasteiger partial charge in [-0.1, -0.05) is 61.0 Å². The molecule has 2 aromatic rings. The molecule has 2 rings (SSSR count). The topological polar surface area (TPSA) is 109 Å². The van der Waals surface area contributed by atoms with Gasteiger partial charge < -0.3 is 10.8 Å². The molecule has 6 nitrogen and oxygen atoms in total. The molecular weight excluding hydrogens is 364 g/mol. The van der Waals surface area contributed by atoms with Crippen LogP contribution in [0.2, 0.25) is 0 Å². The molecule has 27 heavy (non-hydrogen) atoms. The molecule has 0 bridgehead atoms. The molecule has 1 atom stereocenters. The van der Waals surface area contributed by atoms with Crippen molar-refractivity contribution >= 4 is 16.0 Å². The summed E-state index contributed by atoms with van der Waals surface area (Å²) in [5.74, 6) is -1.32. The van der Waals surface area contributed by atoms with E-state index >= 15 is 0 Å². The molecule has 4 N–H and O–H groups in total. The van der Waals surface area contributed by atoms with E-state index in [1.54, 1.807) is 0 Å². The molecule has 2 aromatic carbocycles.